The van der Waals surface area contributed by atoms with Gasteiger partial charge < -0.3 is 54.8 Å². The zero-order valence-corrected chi connectivity index (χ0v) is 28.7. The topological polar surface area (TPSA) is 181 Å². The number of hydrogen-bond donors (Lipinski definition) is 6. The van der Waals surface area contributed by atoms with Crippen molar-refractivity contribution in [2.45, 2.75) is 45.1 Å². The Kier molecular flexibility index (Phi) is 11.1. The quantitative estimate of drug-likeness (QED) is 0.101. The van der Waals surface area contributed by atoms with E-state index in [1.807, 2.05) is 0 Å². The predicted molar refractivity (Wildman–Crippen MR) is 187 cm³/mol. The summed E-state index contributed by atoms with van der Waals surface area (Å²) in [7, 11) is 3.03. The van der Waals surface area contributed by atoms with Crippen LogP contribution in [0.1, 0.15) is 68.0 Å². The van der Waals surface area contributed by atoms with Crippen LogP contribution in [0.25, 0.3) is 0 Å². The molecule has 2 aliphatic rings. The van der Waals surface area contributed by atoms with Crippen LogP contribution in [0.3, 0.4) is 0 Å². The minimum atomic E-state index is -0.513. The molecule has 4 aromatic carbocycles. The highest BCUT2D eigenvalue weighted by atomic mass is 35.5. The number of anilines is 1. The fourth-order valence-electron chi connectivity index (χ4n) is 6.15. The number of nitrogens with zero attached hydrogens (tertiary/aromatic N) is 1. The smallest absolute Gasteiger partial charge is 0.255 e. The van der Waals surface area contributed by atoms with Gasteiger partial charge in [-0.1, -0.05) is 22.8 Å². The van der Waals surface area contributed by atoms with E-state index in [1.54, 1.807) is 60.7 Å². The number of ether oxygens (including phenoxy) is 4. The van der Waals surface area contributed by atoms with E-state index < -0.39 is 12.3 Å². The van der Waals surface area contributed by atoms with E-state index in [-0.39, 0.29) is 45.5 Å². The number of halogens is 1. The minimum absolute atomic E-state index is 0.120. The van der Waals surface area contributed by atoms with Crippen LogP contribution in [0.5, 0.6) is 23.0 Å². The lowest BCUT2D eigenvalue weighted by Crippen LogP contribution is -2.38. The van der Waals surface area contributed by atoms with Crippen molar-refractivity contribution in [2.24, 2.45) is 5.16 Å². The summed E-state index contributed by atoms with van der Waals surface area (Å²) in [5, 5.41) is 50.4. The molecule has 6 rings (SSSR count). The molecule has 14 heteroatoms. The Morgan fingerprint density at radius 2 is 1.45 bits per heavy atom. The summed E-state index contributed by atoms with van der Waals surface area (Å²) in [5.41, 5.74) is 5.93. The lowest BCUT2D eigenvalue weighted by Gasteiger charge is -2.28. The number of methoxy groups -OCH3 is 2. The van der Waals surface area contributed by atoms with Gasteiger partial charge in [0.1, 0.15) is 25.1 Å². The van der Waals surface area contributed by atoms with Gasteiger partial charge in [-0.15, -0.1) is 0 Å². The molecule has 4 aromatic rings. The average molecular weight is 720 g/mol. The molecule has 0 saturated carbocycles. The van der Waals surface area contributed by atoms with Crippen molar-refractivity contribution >= 4 is 28.9 Å². The van der Waals surface area contributed by atoms with Crippen molar-refractivity contribution in [1.29, 1.82) is 0 Å². The second-order valence-electron chi connectivity index (χ2n) is 11.8. The van der Waals surface area contributed by atoms with Crippen LogP contribution in [-0.4, -0.2) is 59.5 Å². The van der Waals surface area contributed by atoms with Gasteiger partial charge in [0.25, 0.3) is 5.91 Å². The molecule has 0 radical (unpaired) electrons. The first kappa shape index (κ1) is 35.8. The molecule has 2 aliphatic heterocycles. The molecular weight excluding hydrogens is 682 g/mol. The Morgan fingerprint density at radius 1 is 0.784 bits per heavy atom. The summed E-state index contributed by atoms with van der Waals surface area (Å²) < 4.78 is 23.3. The fourth-order valence-corrected chi connectivity index (χ4v) is 6.32. The lowest BCUT2D eigenvalue weighted by molar-refractivity contribution is 0.0853. The molecular formula is C37H38ClN3O10. The van der Waals surface area contributed by atoms with Crippen LogP contribution in [0.4, 0.5) is 5.69 Å². The summed E-state index contributed by atoms with van der Waals surface area (Å²) >= 11 is 6.05. The summed E-state index contributed by atoms with van der Waals surface area (Å²) in [6, 6.07) is 17.4. The van der Waals surface area contributed by atoms with Crippen LogP contribution in [0.15, 0.2) is 65.8 Å². The molecule has 0 aliphatic carbocycles. The van der Waals surface area contributed by atoms with Crippen molar-refractivity contribution in [3.63, 3.8) is 0 Å². The first-order chi connectivity index (χ1) is 24.8. The molecule has 1 amide bonds. The molecule has 2 heterocycles. The lowest BCUT2D eigenvalue weighted by atomic mass is 9.93. The standard InChI is InChI=1S/C37H38ClN3O10/c1-47-33-12-21(30-15-32(51-41-30)22-10-23(16-42)28(19-45)24(11-22)17-43)13-34(48-2)35(33)50-8-7-49-31-6-3-20(9-25(31)18-44)36-39-29-5-4-26(38)14-27(29)37(46)40-36/h3-6,9-14,32,36,39,42-45H,7-8,15-19H2,1-2H3,(H,40,46). The van der Waals surface area contributed by atoms with Gasteiger partial charge in [-0.05, 0) is 82.4 Å². The van der Waals surface area contributed by atoms with Crippen LogP contribution in [0, 0.1) is 0 Å². The molecule has 6 N–H and O–H groups in total. The second-order valence-corrected chi connectivity index (χ2v) is 12.2. The number of nitrogens with one attached hydrogen (secondary N) is 2. The number of benzene rings is 4. The number of hydrogen-bond acceptors (Lipinski definition) is 12. The normalized spacial score (nSPS) is 16.4. The molecule has 2 unspecified atom stereocenters. The minimum Gasteiger partial charge on any atom is -0.493 e. The first-order valence-corrected chi connectivity index (χ1v) is 16.5. The second kappa shape index (κ2) is 15.9. The number of fused-ring (bicyclic) bond motifs is 1. The highest BCUT2D eigenvalue weighted by Gasteiger charge is 2.28. The van der Waals surface area contributed by atoms with Gasteiger partial charge in [-0.2, -0.15) is 0 Å². The Bertz CT molecular complexity index is 1900. The highest BCUT2D eigenvalue weighted by molar-refractivity contribution is 6.31. The van der Waals surface area contributed by atoms with E-state index in [0.717, 1.165) is 5.56 Å². The summed E-state index contributed by atoms with van der Waals surface area (Å²) in [4.78, 5) is 18.4. The van der Waals surface area contributed by atoms with Crippen molar-refractivity contribution in [3.05, 3.63) is 110 Å². The number of amides is 1. The number of rotatable bonds is 14. The SMILES string of the molecule is COc1cc(C2=NOC(c3cc(CO)c(CO)c(CO)c3)C2)cc(OC)c1OCCOc1ccc(C2NC(=O)c3cc(Cl)ccc3N2)cc1CO. The van der Waals surface area contributed by atoms with E-state index >= 15 is 0 Å². The molecule has 0 aromatic heterocycles. The molecule has 268 valence electrons. The van der Waals surface area contributed by atoms with Gasteiger partial charge in [-0.3, -0.25) is 4.79 Å². The van der Waals surface area contributed by atoms with E-state index in [4.69, 9.17) is 35.4 Å². The van der Waals surface area contributed by atoms with Crippen LogP contribution in [0.2, 0.25) is 5.02 Å². The summed E-state index contributed by atoms with van der Waals surface area (Å²) in [5.74, 6) is 1.37. The van der Waals surface area contributed by atoms with Gasteiger partial charge in [0.2, 0.25) is 5.75 Å². The predicted octanol–water partition coefficient (Wildman–Crippen LogP) is 4.50. The monoisotopic (exact) mass is 719 g/mol. The third-order valence-corrected chi connectivity index (χ3v) is 9.00. The molecule has 51 heavy (non-hydrogen) atoms. The molecule has 2 atom stereocenters. The molecule has 0 saturated heterocycles. The van der Waals surface area contributed by atoms with Crippen LogP contribution in [-0.2, 0) is 31.3 Å². The average Bonchev–Trinajstić information content (AvgIpc) is 3.66. The van der Waals surface area contributed by atoms with E-state index in [9.17, 15) is 25.2 Å². The highest BCUT2D eigenvalue weighted by Crippen LogP contribution is 2.41. The molecule has 0 spiro atoms. The maximum absolute atomic E-state index is 12.7. The van der Waals surface area contributed by atoms with Crippen LogP contribution < -0.4 is 29.6 Å². The summed E-state index contributed by atoms with van der Waals surface area (Å²) in [6.07, 6.45) is -0.590. The number of carbonyl (C=O) groups is 1. The van der Waals surface area contributed by atoms with Crippen LogP contribution >= 0.6 is 11.6 Å². The molecule has 13 nitrogen and oxygen atoms in total. The third-order valence-electron chi connectivity index (χ3n) is 8.77. The van der Waals surface area contributed by atoms with Crippen molar-refractivity contribution in [3.8, 4) is 23.0 Å². The van der Waals surface area contributed by atoms with E-state index in [2.05, 4.69) is 15.8 Å². The van der Waals surface area contributed by atoms with Gasteiger partial charge >= 0.3 is 0 Å². The third kappa shape index (κ3) is 7.53. The van der Waals surface area contributed by atoms with Crippen molar-refractivity contribution in [2.75, 3.05) is 32.8 Å². The van der Waals surface area contributed by atoms with Gasteiger partial charge in [0.05, 0.1) is 51.9 Å². The Hall–Kier alpha value is -5.05. The fraction of sp³-hybridized carbons (Fsp3) is 0.297. The Morgan fingerprint density at radius 3 is 2.10 bits per heavy atom. The summed E-state index contributed by atoms with van der Waals surface area (Å²) in [6.45, 7) is -0.918. The molecule has 0 bridgehead atoms. The first-order valence-electron chi connectivity index (χ1n) is 16.1. The number of oxime groups is 1. The number of aliphatic hydroxyl groups excluding tert-OH is 4. The zero-order valence-electron chi connectivity index (χ0n) is 27.9. The number of aliphatic hydroxyl groups is 4. The Labute approximate surface area is 298 Å². The van der Waals surface area contributed by atoms with Crippen molar-refractivity contribution in [1.82, 2.24) is 5.32 Å². The zero-order chi connectivity index (χ0) is 36.1. The van der Waals surface area contributed by atoms with E-state index in [1.165, 1.54) is 14.2 Å². The van der Waals surface area contributed by atoms with Gasteiger partial charge in [-0.25, -0.2) is 0 Å². The Balaban J connectivity index is 1.10. The largest absolute Gasteiger partial charge is 0.493 e. The van der Waals surface area contributed by atoms with Gasteiger partial charge in [0.15, 0.2) is 17.6 Å². The maximum Gasteiger partial charge on any atom is 0.255 e. The van der Waals surface area contributed by atoms with Crippen molar-refractivity contribution < 1.29 is 49.0 Å². The molecule has 0 fully saturated rings. The van der Waals surface area contributed by atoms with E-state index in [0.29, 0.717) is 84.8 Å². The number of carbonyl (C=O) groups excluding carboxylic acids is 1. The van der Waals surface area contributed by atoms with Gasteiger partial charge in [0, 0.05) is 28.3 Å². The maximum atomic E-state index is 12.7.